The summed E-state index contributed by atoms with van der Waals surface area (Å²) in [4.78, 5) is 11.4. The quantitative estimate of drug-likeness (QED) is 0.788. The first-order valence-corrected chi connectivity index (χ1v) is 5.69. The van der Waals surface area contributed by atoms with Crippen LogP contribution in [0.25, 0.3) is 0 Å². The van der Waals surface area contributed by atoms with Crippen LogP contribution < -0.4 is 0 Å². The van der Waals surface area contributed by atoms with E-state index in [0.717, 1.165) is 10.0 Å². The van der Waals surface area contributed by atoms with Crippen LogP contribution in [0.15, 0.2) is 28.7 Å². The second-order valence-electron chi connectivity index (χ2n) is 3.65. The number of rotatable bonds is 3. The van der Waals surface area contributed by atoms with E-state index in [-0.39, 0.29) is 17.8 Å². The zero-order chi connectivity index (χ0) is 11.4. The molecule has 0 radical (unpaired) electrons. The Morgan fingerprint density at radius 2 is 1.80 bits per heavy atom. The average Bonchev–Trinajstić information content (AvgIpc) is 2.27. The molecule has 0 bridgehead atoms. The Labute approximate surface area is 98.8 Å². The summed E-state index contributed by atoms with van der Waals surface area (Å²) in [6, 6.07) is 8.01. The molecule has 0 aliphatic heterocycles. The lowest BCUT2D eigenvalue weighted by molar-refractivity contribution is -0.145. The summed E-state index contributed by atoms with van der Waals surface area (Å²) in [6.07, 6.45) is 0. The fourth-order valence-electron chi connectivity index (χ4n) is 1.45. The Bertz CT molecular complexity index is 332. The van der Waals surface area contributed by atoms with Crippen molar-refractivity contribution in [1.29, 1.82) is 0 Å². The lowest BCUT2D eigenvalue weighted by Crippen LogP contribution is -2.18. The van der Waals surface area contributed by atoms with Gasteiger partial charge in [-0.05, 0) is 23.6 Å². The minimum absolute atomic E-state index is 0.115. The van der Waals surface area contributed by atoms with Crippen molar-refractivity contribution in [3.05, 3.63) is 34.3 Å². The van der Waals surface area contributed by atoms with E-state index in [4.69, 9.17) is 4.74 Å². The lowest BCUT2D eigenvalue weighted by Gasteiger charge is -2.17. The van der Waals surface area contributed by atoms with E-state index in [2.05, 4.69) is 15.9 Å². The van der Waals surface area contributed by atoms with E-state index in [1.54, 1.807) is 0 Å². The molecule has 0 spiro atoms. The monoisotopic (exact) mass is 270 g/mol. The van der Waals surface area contributed by atoms with Gasteiger partial charge in [-0.1, -0.05) is 41.9 Å². The van der Waals surface area contributed by atoms with Crippen LogP contribution in [-0.4, -0.2) is 13.1 Å². The predicted octanol–water partition coefficient (Wildman–Crippen LogP) is 3.36. The summed E-state index contributed by atoms with van der Waals surface area (Å²) in [5, 5.41) is 0. The molecule has 0 aliphatic rings. The second-order valence-corrected chi connectivity index (χ2v) is 4.57. The third-order valence-electron chi connectivity index (χ3n) is 2.72. The SMILES string of the molecule is COC(=O)[C@H](C)[C@H](C)c1ccc(Br)cc1. The number of carbonyl (C=O) groups is 1. The fraction of sp³-hybridized carbons (Fsp3) is 0.417. The molecule has 0 fully saturated rings. The van der Waals surface area contributed by atoms with E-state index < -0.39 is 0 Å². The van der Waals surface area contributed by atoms with Gasteiger partial charge in [0.25, 0.3) is 0 Å². The van der Waals surface area contributed by atoms with Gasteiger partial charge >= 0.3 is 5.97 Å². The highest BCUT2D eigenvalue weighted by Crippen LogP contribution is 2.26. The van der Waals surface area contributed by atoms with Gasteiger partial charge in [-0.3, -0.25) is 4.79 Å². The Kier molecular flexibility index (Phi) is 4.33. The molecular weight excluding hydrogens is 256 g/mol. The predicted molar refractivity (Wildman–Crippen MR) is 63.7 cm³/mol. The maximum absolute atomic E-state index is 11.4. The molecule has 0 N–H and O–H groups in total. The van der Waals surface area contributed by atoms with Gasteiger partial charge in [0.15, 0.2) is 0 Å². The topological polar surface area (TPSA) is 26.3 Å². The minimum atomic E-state index is -0.162. The molecule has 82 valence electrons. The maximum Gasteiger partial charge on any atom is 0.308 e. The van der Waals surface area contributed by atoms with Gasteiger partial charge in [-0.25, -0.2) is 0 Å². The summed E-state index contributed by atoms with van der Waals surface area (Å²) in [7, 11) is 1.42. The average molecular weight is 271 g/mol. The largest absolute Gasteiger partial charge is 0.469 e. The van der Waals surface area contributed by atoms with E-state index in [0.29, 0.717) is 0 Å². The van der Waals surface area contributed by atoms with Gasteiger partial charge in [-0.2, -0.15) is 0 Å². The Morgan fingerprint density at radius 1 is 1.27 bits per heavy atom. The molecule has 15 heavy (non-hydrogen) atoms. The van der Waals surface area contributed by atoms with Gasteiger partial charge in [0.1, 0.15) is 0 Å². The van der Waals surface area contributed by atoms with E-state index >= 15 is 0 Å². The van der Waals surface area contributed by atoms with Crippen LogP contribution in [0.1, 0.15) is 25.3 Å². The molecule has 2 nitrogen and oxygen atoms in total. The fourth-order valence-corrected chi connectivity index (χ4v) is 1.71. The third-order valence-corrected chi connectivity index (χ3v) is 3.25. The normalized spacial score (nSPS) is 14.4. The number of ether oxygens (including phenoxy) is 1. The molecule has 2 atom stereocenters. The van der Waals surface area contributed by atoms with Crippen molar-refractivity contribution >= 4 is 21.9 Å². The summed E-state index contributed by atoms with van der Waals surface area (Å²) in [5.41, 5.74) is 1.15. The highest BCUT2D eigenvalue weighted by Gasteiger charge is 2.21. The molecule has 1 rings (SSSR count). The first kappa shape index (κ1) is 12.2. The van der Waals surface area contributed by atoms with E-state index in [1.165, 1.54) is 7.11 Å². The van der Waals surface area contributed by atoms with Crippen LogP contribution in [-0.2, 0) is 9.53 Å². The van der Waals surface area contributed by atoms with Crippen molar-refractivity contribution in [3.63, 3.8) is 0 Å². The van der Waals surface area contributed by atoms with Gasteiger partial charge < -0.3 is 4.74 Å². The number of hydrogen-bond acceptors (Lipinski definition) is 2. The second kappa shape index (κ2) is 5.31. The number of methoxy groups -OCH3 is 1. The minimum Gasteiger partial charge on any atom is -0.469 e. The van der Waals surface area contributed by atoms with Gasteiger partial charge in [0.2, 0.25) is 0 Å². The lowest BCUT2D eigenvalue weighted by atomic mass is 9.89. The summed E-state index contributed by atoms with van der Waals surface area (Å²) >= 11 is 3.38. The molecule has 3 heteroatoms. The molecule has 0 aromatic heterocycles. The maximum atomic E-state index is 11.4. The molecule has 0 heterocycles. The molecule has 0 unspecified atom stereocenters. The molecular formula is C12H15BrO2. The van der Waals surface area contributed by atoms with E-state index in [1.807, 2.05) is 38.1 Å². The summed E-state index contributed by atoms with van der Waals surface area (Å²) in [5.74, 6) is -0.104. The highest BCUT2D eigenvalue weighted by atomic mass is 79.9. The van der Waals surface area contributed by atoms with Gasteiger partial charge in [0.05, 0.1) is 13.0 Å². The summed E-state index contributed by atoms with van der Waals surface area (Å²) in [6.45, 7) is 3.92. The zero-order valence-corrected chi connectivity index (χ0v) is 10.7. The Balaban J connectivity index is 2.80. The van der Waals surface area contributed by atoms with Crippen LogP contribution in [0.4, 0.5) is 0 Å². The molecule has 1 aromatic carbocycles. The van der Waals surface area contributed by atoms with Crippen LogP contribution in [0.5, 0.6) is 0 Å². The molecule has 1 aromatic rings. The number of carbonyl (C=O) groups excluding carboxylic acids is 1. The van der Waals surface area contributed by atoms with Crippen molar-refractivity contribution in [2.75, 3.05) is 7.11 Å². The number of benzene rings is 1. The van der Waals surface area contributed by atoms with E-state index in [9.17, 15) is 4.79 Å². The van der Waals surface area contributed by atoms with Crippen LogP contribution in [0, 0.1) is 5.92 Å². The first-order valence-electron chi connectivity index (χ1n) is 4.89. The third kappa shape index (κ3) is 3.06. The van der Waals surface area contributed by atoms with Crippen molar-refractivity contribution < 1.29 is 9.53 Å². The summed E-state index contributed by atoms with van der Waals surface area (Å²) < 4.78 is 5.78. The standard InChI is InChI=1S/C12H15BrO2/c1-8(9(2)12(14)15-3)10-4-6-11(13)7-5-10/h4-9H,1-3H3/t8-,9+/m0/s1. The molecule has 0 amide bonds. The zero-order valence-electron chi connectivity index (χ0n) is 9.16. The Hall–Kier alpha value is -0.830. The molecule has 0 saturated carbocycles. The molecule has 0 aliphatic carbocycles. The highest BCUT2D eigenvalue weighted by molar-refractivity contribution is 9.10. The van der Waals surface area contributed by atoms with Crippen molar-refractivity contribution in [3.8, 4) is 0 Å². The Morgan fingerprint density at radius 3 is 2.27 bits per heavy atom. The molecule has 0 saturated heterocycles. The van der Waals surface area contributed by atoms with Crippen molar-refractivity contribution in [2.24, 2.45) is 5.92 Å². The number of halogens is 1. The van der Waals surface area contributed by atoms with Crippen LogP contribution >= 0.6 is 15.9 Å². The van der Waals surface area contributed by atoms with Crippen LogP contribution in [0.3, 0.4) is 0 Å². The smallest absolute Gasteiger partial charge is 0.308 e. The van der Waals surface area contributed by atoms with Crippen molar-refractivity contribution in [2.45, 2.75) is 19.8 Å². The number of hydrogen-bond donors (Lipinski definition) is 0. The van der Waals surface area contributed by atoms with Crippen LogP contribution in [0.2, 0.25) is 0 Å². The number of esters is 1. The first-order chi connectivity index (χ1) is 7.06. The van der Waals surface area contributed by atoms with Gasteiger partial charge in [0, 0.05) is 4.47 Å². The van der Waals surface area contributed by atoms with Crippen molar-refractivity contribution in [1.82, 2.24) is 0 Å². The van der Waals surface area contributed by atoms with Gasteiger partial charge in [-0.15, -0.1) is 0 Å².